The molecule has 6 nitrogen and oxygen atoms in total. The third kappa shape index (κ3) is 3.68. The second-order valence-corrected chi connectivity index (χ2v) is 6.78. The van der Waals surface area contributed by atoms with Crippen LogP contribution >= 0.6 is 0 Å². The van der Waals surface area contributed by atoms with Gasteiger partial charge in [-0.05, 0) is 44.5 Å². The molecule has 1 fully saturated rings. The first-order chi connectivity index (χ1) is 13.1. The smallest absolute Gasteiger partial charge is 0.129 e. The Bertz CT molecular complexity index is 932. The van der Waals surface area contributed by atoms with Gasteiger partial charge in [-0.15, -0.1) is 0 Å². The Morgan fingerprint density at radius 1 is 1.22 bits per heavy atom. The number of hydrogen-bond acceptors (Lipinski definition) is 5. The highest BCUT2D eigenvalue weighted by Gasteiger charge is 2.19. The van der Waals surface area contributed by atoms with Crippen molar-refractivity contribution >= 4 is 5.82 Å². The van der Waals surface area contributed by atoms with Gasteiger partial charge in [0.1, 0.15) is 18.0 Å². The minimum absolute atomic E-state index is 0.255. The summed E-state index contributed by atoms with van der Waals surface area (Å²) in [5.41, 5.74) is 4.91. The van der Waals surface area contributed by atoms with Gasteiger partial charge < -0.3 is 10.1 Å². The first kappa shape index (κ1) is 17.6. The fourth-order valence-electron chi connectivity index (χ4n) is 3.40. The molecule has 27 heavy (non-hydrogen) atoms. The molecule has 1 aliphatic rings. The van der Waals surface area contributed by atoms with E-state index in [-0.39, 0.29) is 5.82 Å². The Hall–Kier alpha value is -2.80. The highest BCUT2D eigenvalue weighted by Crippen LogP contribution is 2.25. The molecule has 0 spiro atoms. The third-order valence-electron chi connectivity index (χ3n) is 4.99. The van der Waals surface area contributed by atoms with E-state index in [0.717, 1.165) is 53.8 Å². The Morgan fingerprint density at radius 2 is 2.04 bits per heavy atom. The van der Waals surface area contributed by atoms with E-state index in [2.05, 4.69) is 20.4 Å². The van der Waals surface area contributed by atoms with E-state index in [0.29, 0.717) is 12.5 Å². The van der Waals surface area contributed by atoms with E-state index in [1.165, 1.54) is 12.1 Å². The summed E-state index contributed by atoms with van der Waals surface area (Å²) in [5, 5.41) is 7.98. The molecule has 0 bridgehead atoms. The van der Waals surface area contributed by atoms with Crippen molar-refractivity contribution in [1.29, 1.82) is 0 Å². The molecule has 1 aromatic carbocycles. The van der Waals surface area contributed by atoms with Crippen LogP contribution < -0.4 is 5.32 Å². The van der Waals surface area contributed by atoms with Crippen molar-refractivity contribution in [2.75, 3.05) is 18.5 Å². The van der Waals surface area contributed by atoms with E-state index < -0.39 is 0 Å². The van der Waals surface area contributed by atoms with Crippen LogP contribution in [0.1, 0.15) is 35.0 Å². The Kier molecular flexibility index (Phi) is 4.85. The molecule has 0 unspecified atom stereocenters. The lowest BCUT2D eigenvalue weighted by molar-refractivity contribution is 0.193. The Morgan fingerprint density at radius 3 is 2.78 bits per heavy atom. The largest absolute Gasteiger partial charge is 0.381 e. The minimum atomic E-state index is -0.255. The number of hydrogen-bond donors (Lipinski definition) is 1. The molecule has 1 saturated heterocycles. The predicted octanol–water partition coefficient (Wildman–Crippen LogP) is 3.53. The van der Waals surface area contributed by atoms with Gasteiger partial charge in [-0.1, -0.05) is 0 Å². The number of nitrogens with zero attached hydrogens (tertiary/aromatic N) is 4. The highest BCUT2D eigenvalue weighted by molar-refractivity contribution is 5.41. The summed E-state index contributed by atoms with van der Waals surface area (Å²) >= 11 is 0. The molecule has 140 valence electrons. The number of anilines is 1. The molecule has 3 aromatic rings. The Balaban J connectivity index is 1.52. The van der Waals surface area contributed by atoms with Crippen molar-refractivity contribution < 1.29 is 9.13 Å². The van der Waals surface area contributed by atoms with Gasteiger partial charge in [0, 0.05) is 36.4 Å². The topological polar surface area (TPSA) is 64.9 Å². The predicted molar refractivity (Wildman–Crippen MR) is 101 cm³/mol. The van der Waals surface area contributed by atoms with Crippen molar-refractivity contribution in [1.82, 2.24) is 19.7 Å². The highest BCUT2D eigenvalue weighted by atomic mass is 19.1. The van der Waals surface area contributed by atoms with E-state index in [1.807, 2.05) is 24.6 Å². The zero-order valence-corrected chi connectivity index (χ0v) is 15.4. The van der Waals surface area contributed by atoms with Gasteiger partial charge in [0.2, 0.25) is 0 Å². The minimum Gasteiger partial charge on any atom is -0.381 e. The number of ether oxygens (including phenoxy) is 1. The lowest BCUT2D eigenvalue weighted by atomic mass is 10.1. The number of halogens is 1. The van der Waals surface area contributed by atoms with Gasteiger partial charge in [0.25, 0.3) is 0 Å². The Labute approximate surface area is 157 Å². The van der Waals surface area contributed by atoms with E-state index in [4.69, 9.17) is 4.74 Å². The van der Waals surface area contributed by atoms with Crippen molar-refractivity contribution in [3.63, 3.8) is 0 Å². The number of benzene rings is 1. The molecule has 2 aromatic heterocycles. The molecule has 0 amide bonds. The van der Waals surface area contributed by atoms with E-state index in [9.17, 15) is 4.39 Å². The molecule has 0 radical (unpaired) electrons. The summed E-state index contributed by atoms with van der Waals surface area (Å²) in [6.07, 6.45) is 2.59. The third-order valence-corrected chi connectivity index (χ3v) is 4.99. The zero-order chi connectivity index (χ0) is 18.8. The van der Waals surface area contributed by atoms with Gasteiger partial charge in [-0.3, -0.25) is 0 Å². The van der Waals surface area contributed by atoms with Crippen LogP contribution in [0.4, 0.5) is 10.2 Å². The van der Waals surface area contributed by atoms with Crippen molar-refractivity contribution in [3.8, 4) is 5.69 Å². The van der Waals surface area contributed by atoms with E-state index in [1.54, 1.807) is 18.5 Å². The van der Waals surface area contributed by atoms with Crippen LogP contribution in [0.2, 0.25) is 0 Å². The number of aromatic nitrogens is 4. The SMILES string of the molecule is Cc1nn(-c2ccc(F)cc2)c(C)c1CNc1cc([C@@H]2CCOC2)ncn1. The van der Waals surface area contributed by atoms with Gasteiger partial charge in [0.05, 0.1) is 23.7 Å². The molecule has 4 rings (SSSR count). The molecule has 1 aliphatic heterocycles. The number of nitrogens with one attached hydrogen (secondary N) is 1. The molecule has 0 aliphatic carbocycles. The fraction of sp³-hybridized carbons (Fsp3) is 0.350. The normalized spacial score (nSPS) is 16.6. The van der Waals surface area contributed by atoms with Crippen molar-refractivity contribution in [2.24, 2.45) is 0 Å². The zero-order valence-electron chi connectivity index (χ0n) is 15.4. The quantitative estimate of drug-likeness (QED) is 0.747. The van der Waals surface area contributed by atoms with Gasteiger partial charge in [-0.2, -0.15) is 5.10 Å². The maximum Gasteiger partial charge on any atom is 0.129 e. The summed E-state index contributed by atoms with van der Waals surface area (Å²) in [6, 6.07) is 8.34. The van der Waals surface area contributed by atoms with Crippen LogP contribution in [0, 0.1) is 19.7 Å². The molecule has 7 heteroatoms. The molecule has 3 heterocycles. The summed E-state index contributed by atoms with van der Waals surface area (Å²) in [7, 11) is 0. The van der Waals surface area contributed by atoms with Crippen molar-refractivity contribution in [3.05, 3.63) is 65.1 Å². The summed E-state index contributed by atoms with van der Waals surface area (Å²) in [4.78, 5) is 8.71. The van der Waals surface area contributed by atoms with Gasteiger partial charge in [-0.25, -0.2) is 19.0 Å². The van der Waals surface area contributed by atoms with Gasteiger partial charge in [0.15, 0.2) is 0 Å². The monoisotopic (exact) mass is 367 g/mol. The lowest BCUT2D eigenvalue weighted by Gasteiger charge is -2.10. The molecular formula is C20H22FN5O. The maximum absolute atomic E-state index is 13.2. The maximum atomic E-state index is 13.2. The van der Waals surface area contributed by atoms with Crippen LogP contribution in [0.3, 0.4) is 0 Å². The molecule has 1 N–H and O–H groups in total. The van der Waals surface area contributed by atoms with E-state index >= 15 is 0 Å². The van der Waals surface area contributed by atoms with Crippen LogP contribution in [0.25, 0.3) is 5.69 Å². The number of rotatable bonds is 5. The standard InChI is InChI=1S/C20H22FN5O/c1-13-18(14(2)26(25-13)17-5-3-16(21)4-6-17)10-22-20-9-19(23-12-24-20)15-7-8-27-11-15/h3-6,9,12,15H,7-8,10-11H2,1-2H3,(H,22,23,24)/t15-/m1/s1. The van der Waals surface area contributed by atoms with Gasteiger partial charge >= 0.3 is 0 Å². The second-order valence-electron chi connectivity index (χ2n) is 6.78. The summed E-state index contributed by atoms with van der Waals surface area (Å²) < 4.78 is 20.5. The van der Waals surface area contributed by atoms with Crippen LogP contribution in [0.5, 0.6) is 0 Å². The summed E-state index contributed by atoms with van der Waals surface area (Å²) in [6.45, 7) is 6.11. The van der Waals surface area contributed by atoms with Crippen LogP contribution in [-0.2, 0) is 11.3 Å². The molecule has 0 saturated carbocycles. The average molecular weight is 367 g/mol. The fourth-order valence-corrected chi connectivity index (χ4v) is 3.40. The first-order valence-corrected chi connectivity index (χ1v) is 9.06. The number of aryl methyl sites for hydroxylation is 1. The van der Waals surface area contributed by atoms with Crippen LogP contribution in [0.15, 0.2) is 36.7 Å². The molecule has 1 atom stereocenters. The average Bonchev–Trinajstić information content (AvgIpc) is 3.30. The van der Waals surface area contributed by atoms with Crippen LogP contribution in [-0.4, -0.2) is 33.0 Å². The molecular weight excluding hydrogens is 345 g/mol. The van der Waals surface area contributed by atoms with Crippen molar-refractivity contribution in [2.45, 2.75) is 32.7 Å². The summed E-state index contributed by atoms with van der Waals surface area (Å²) in [5.74, 6) is 0.882. The second kappa shape index (κ2) is 7.44. The lowest BCUT2D eigenvalue weighted by Crippen LogP contribution is -2.07. The first-order valence-electron chi connectivity index (χ1n) is 9.06.